The van der Waals surface area contributed by atoms with Crippen molar-refractivity contribution in [1.82, 2.24) is 9.47 Å². The van der Waals surface area contributed by atoms with E-state index in [-0.39, 0.29) is 4.91 Å². The zero-order chi connectivity index (χ0) is 20.4. The van der Waals surface area contributed by atoms with Crippen LogP contribution in [0.15, 0.2) is 47.5 Å². The molecule has 2 aromatic rings. The van der Waals surface area contributed by atoms with E-state index in [0.29, 0.717) is 0 Å². The molecule has 7 nitrogen and oxygen atoms in total. The lowest BCUT2D eigenvalue weighted by atomic mass is 10.2. The molecule has 0 aliphatic carbocycles. The van der Waals surface area contributed by atoms with Crippen LogP contribution in [0.5, 0.6) is 0 Å². The molecule has 1 aromatic heterocycles. The number of ether oxygens (including phenoxy) is 1. The Morgan fingerprint density at radius 2 is 1.86 bits per heavy atom. The number of anilines is 1. The number of thioether (sulfide) groups is 1. The van der Waals surface area contributed by atoms with Gasteiger partial charge in [-0.05, 0) is 61.2 Å². The van der Waals surface area contributed by atoms with Gasteiger partial charge in [0, 0.05) is 37.4 Å². The molecular weight excluding hydrogens is 378 g/mol. The summed E-state index contributed by atoms with van der Waals surface area (Å²) in [7, 11) is 5.17. The normalized spacial score (nSPS) is 16.6. The number of amides is 2. The predicted molar refractivity (Wildman–Crippen MR) is 109 cm³/mol. The van der Waals surface area contributed by atoms with Crippen LogP contribution in [0.1, 0.15) is 12.6 Å². The summed E-state index contributed by atoms with van der Waals surface area (Å²) in [6, 6.07) is 10.7. The van der Waals surface area contributed by atoms with Crippen LogP contribution in [0.25, 0.3) is 11.8 Å². The monoisotopic (exact) mass is 399 g/mol. The van der Waals surface area contributed by atoms with E-state index in [0.717, 1.165) is 33.7 Å². The van der Waals surface area contributed by atoms with Gasteiger partial charge in [0.05, 0.1) is 12.0 Å². The number of carbonyl (C=O) groups excluding carboxylic acids is 3. The molecule has 3 rings (SSSR count). The fraction of sp³-hybridized carbons (Fsp3) is 0.250. The quantitative estimate of drug-likeness (QED) is 0.568. The second-order valence-electron chi connectivity index (χ2n) is 6.46. The average molecular weight is 399 g/mol. The third kappa shape index (κ3) is 3.68. The number of hydrogen-bond acceptors (Lipinski definition) is 6. The minimum Gasteiger partial charge on any atom is -0.467 e. The number of aromatic nitrogens is 1. The molecule has 1 unspecified atom stereocenters. The second kappa shape index (κ2) is 7.93. The minimum absolute atomic E-state index is 0.269. The summed E-state index contributed by atoms with van der Waals surface area (Å²) in [5.74, 6) is -1.13. The van der Waals surface area contributed by atoms with Gasteiger partial charge in [0.1, 0.15) is 6.04 Å². The van der Waals surface area contributed by atoms with Crippen LogP contribution >= 0.6 is 11.8 Å². The molecule has 0 saturated carbocycles. The molecule has 2 heterocycles. The van der Waals surface area contributed by atoms with Gasteiger partial charge in [-0.1, -0.05) is 0 Å². The van der Waals surface area contributed by atoms with Gasteiger partial charge in [-0.15, -0.1) is 0 Å². The van der Waals surface area contributed by atoms with Gasteiger partial charge >= 0.3 is 5.97 Å². The van der Waals surface area contributed by atoms with Gasteiger partial charge in [0.15, 0.2) is 0 Å². The zero-order valence-electron chi connectivity index (χ0n) is 16.1. The third-order valence-electron chi connectivity index (χ3n) is 4.46. The average Bonchev–Trinajstić information content (AvgIpc) is 3.25. The van der Waals surface area contributed by atoms with Crippen molar-refractivity contribution < 1.29 is 19.1 Å². The highest BCUT2D eigenvalue weighted by Crippen LogP contribution is 2.34. The molecule has 1 aliphatic rings. The van der Waals surface area contributed by atoms with Crippen molar-refractivity contribution in [2.24, 2.45) is 0 Å². The predicted octanol–water partition coefficient (Wildman–Crippen LogP) is 3.14. The van der Waals surface area contributed by atoms with Crippen LogP contribution in [0, 0.1) is 0 Å². The van der Waals surface area contributed by atoms with Crippen LogP contribution in [0.4, 0.5) is 10.5 Å². The van der Waals surface area contributed by atoms with Gasteiger partial charge in [-0.25, -0.2) is 4.79 Å². The van der Waals surface area contributed by atoms with E-state index in [1.54, 1.807) is 6.08 Å². The van der Waals surface area contributed by atoms with Crippen LogP contribution in [-0.4, -0.2) is 53.8 Å². The molecule has 0 radical (unpaired) electrons. The maximum absolute atomic E-state index is 12.7. The Bertz CT molecular complexity index is 947. The fourth-order valence-electron chi connectivity index (χ4n) is 2.88. The Kier molecular flexibility index (Phi) is 5.60. The number of rotatable bonds is 5. The van der Waals surface area contributed by atoms with Gasteiger partial charge in [0.25, 0.3) is 11.1 Å². The summed E-state index contributed by atoms with van der Waals surface area (Å²) < 4.78 is 6.57. The Balaban J connectivity index is 1.89. The highest BCUT2D eigenvalue weighted by molar-refractivity contribution is 8.18. The van der Waals surface area contributed by atoms with Gasteiger partial charge in [-0.2, -0.15) is 0 Å². The molecular formula is C20H21N3O4S. The smallest absolute Gasteiger partial charge is 0.328 e. The second-order valence-corrected chi connectivity index (χ2v) is 7.46. The van der Waals surface area contributed by atoms with Crippen molar-refractivity contribution in [2.75, 3.05) is 26.1 Å². The molecule has 1 fully saturated rings. The molecule has 0 bridgehead atoms. The van der Waals surface area contributed by atoms with Crippen LogP contribution < -0.4 is 4.90 Å². The first kappa shape index (κ1) is 19.8. The van der Waals surface area contributed by atoms with E-state index in [1.807, 2.05) is 66.2 Å². The Labute approximate surface area is 167 Å². The third-order valence-corrected chi connectivity index (χ3v) is 5.34. The van der Waals surface area contributed by atoms with Gasteiger partial charge in [0.2, 0.25) is 0 Å². The summed E-state index contributed by atoms with van der Waals surface area (Å²) in [6.07, 6.45) is 3.55. The van der Waals surface area contributed by atoms with E-state index in [9.17, 15) is 14.4 Å². The SMILES string of the molecule is COC(=O)C(C)N1C(=O)SC(=Cc2cccn2-c2ccc(N(C)C)cc2)C1=O. The number of methoxy groups -OCH3 is 1. The number of esters is 1. The Hall–Kier alpha value is -3.00. The molecule has 2 amide bonds. The van der Waals surface area contributed by atoms with E-state index in [4.69, 9.17) is 0 Å². The highest BCUT2D eigenvalue weighted by Gasteiger charge is 2.41. The highest BCUT2D eigenvalue weighted by atomic mass is 32.2. The summed E-state index contributed by atoms with van der Waals surface area (Å²) >= 11 is 0.817. The van der Waals surface area contributed by atoms with E-state index >= 15 is 0 Å². The summed E-state index contributed by atoms with van der Waals surface area (Å²) in [4.78, 5) is 39.9. The maximum atomic E-state index is 12.7. The van der Waals surface area contributed by atoms with Crippen molar-refractivity contribution in [2.45, 2.75) is 13.0 Å². The minimum atomic E-state index is -0.964. The molecule has 1 atom stereocenters. The van der Waals surface area contributed by atoms with Crippen molar-refractivity contribution in [1.29, 1.82) is 0 Å². The molecule has 1 aliphatic heterocycles. The summed E-state index contributed by atoms with van der Waals surface area (Å²) in [5.41, 5.74) is 2.77. The number of nitrogens with zero attached hydrogens (tertiary/aromatic N) is 3. The number of imide groups is 1. The zero-order valence-corrected chi connectivity index (χ0v) is 16.9. The topological polar surface area (TPSA) is 71.8 Å². The first-order valence-corrected chi connectivity index (χ1v) is 9.45. The number of benzene rings is 1. The van der Waals surface area contributed by atoms with Crippen LogP contribution in [0.2, 0.25) is 0 Å². The molecule has 0 N–H and O–H groups in total. The lowest BCUT2D eigenvalue weighted by Gasteiger charge is -2.18. The molecule has 0 spiro atoms. The van der Waals surface area contributed by atoms with Crippen molar-refractivity contribution >= 4 is 40.6 Å². The van der Waals surface area contributed by atoms with Crippen LogP contribution in [0.3, 0.4) is 0 Å². The largest absolute Gasteiger partial charge is 0.467 e. The Morgan fingerprint density at radius 1 is 1.18 bits per heavy atom. The number of carbonyl (C=O) groups is 3. The van der Waals surface area contributed by atoms with E-state index in [1.165, 1.54) is 14.0 Å². The first-order chi connectivity index (χ1) is 13.3. The van der Waals surface area contributed by atoms with Crippen molar-refractivity contribution in [3.8, 4) is 5.69 Å². The molecule has 146 valence electrons. The summed E-state index contributed by atoms with van der Waals surface area (Å²) in [5, 5.41) is -0.484. The molecule has 1 aromatic carbocycles. The maximum Gasteiger partial charge on any atom is 0.328 e. The van der Waals surface area contributed by atoms with Gasteiger partial charge in [-0.3, -0.25) is 14.5 Å². The molecule has 1 saturated heterocycles. The lowest BCUT2D eigenvalue weighted by Crippen LogP contribution is -2.42. The molecule has 28 heavy (non-hydrogen) atoms. The lowest BCUT2D eigenvalue weighted by molar-refractivity contribution is -0.148. The standard InChI is InChI=1S/C20H21N3O4S/c1-13(19(25)27-4)23-18(24)17(28-20(23)26)12-16-6-5-11-22(16)15-9-7-14(8-10-15)21(2)3/h5-13H,1-4H3. The van der Waals surface area contributed by atoms with Crippen molar-refractivity contribution in [3.63, 3.8) is 0 Å². The van der Waals surface area contributed by atoms with Crippen molar-refractivity contribution in [3.05, 3.63) is 53.2 Å². The van der Waals surface area contributed by atoms with E-state index < -0.39 is 23.2 Å². The number of hydrogen-bond donors (Lipinski definition) is 0. The molecule has 8 heteroatoms. The first-order valence-electron chi connectivity index (χ1n) is 8.63. The van der Waals surface area contributed by atoms with E-state index in [2.05, 4.69) is 4.74 Å². The fourth-order valence-corrected chi connectivity index (χ4v) is 3.78. The Morgan fingerprint density at radius 3 is 2.46 bits per heavy atom. The van der Waals surface area contributed by atoms with Gasteiger partial charge < -0.3 is 14.2 Å². The summed E-state index contributed by atoms with van der Waals surface area (Å²) in [6.45, 7) is 1.47. The van der Waals surface area contributed by atoms with Crippen LogP contribution in [-0.2, 0) is 14.3 Å².